The lowest BCUT2D eigenvalue weighted by atomic mass is 10.1. The van der Waals surface area contributed by atoms with Crippen molar-refractivity contribution in [2.24, 2.45) is 0 Å². The summed E-state index contributed by atoms with van der Waals surface area (Å²) in [4.78, 5) is 11.8. The highest BCUT2D eigenvalue weighted by molar-refractivity contribution is 6.04. The van der Waals surface area contributed by atoms with Crippen LogP contribution in [0.4, 0.5) is 5.69 Å². The zero-order chi connectivity index (χ0) is 13.7. The van der Waals surface area contributed by atoms with E-state index in [1.165, 1.54) is 12.3 Å². The first-order valence-corrected chi connectivity index (χ1v) is 5.99. The van der Waals surface area contributed by atoms with E-state index in [1.54, 1.807) is 18.2 Å². The van der Waals surface area contributed by atoms with E-state index in [9.17, 15) is 9.90 Å². The standard InChI is InChI=1S/C16H15NO2/c1-12-7-8-16(19)14(11-12)17-10-9-15(18)13-5-3-2-4-6-13/h2-11,17,19H,1H3. The Morgan fingerprint density at radius 3 is 2.63 bits per heavy atom. The normalized spacial score (nSPS) is 10.6. The third-order valence-electron chi connectivity index (χ3n) is 2.68. The molecule has 2 rings (SSSR count). The van der Waals surface area contributed by atoms with E-state index in [-0.39, 0.29) is 11.5 Å². The quantitative estimate of drug-likeness (QED) is 0.498. The first-order valence-electron chi connectivity index (χ1n) is 5.99. The van der Waals surface area contributed by atoms with Crippen molar-refractivity contribution < 1.29 is 9.90 Å². The Bertz CT molecular complexity index is 603. The Morgan fingerprint density at radius 1 is 1.16 bits per heavy atom. The molecule has 0 aromatic heterocycles. The molecule has 0 unspecified atom stereocenters. The lowest BCUT2D eigenvalue weighted by molar-refractivity contribution is 0.104. The number of rotatable bonds is 4. The van der Waals surface area contributed by atoms with Gasteiger partial charge in [0.05, 0.1) is 5.69 Å². The summed E-state index contributed by atoms with van der Waals surface area (Å²) in [6.07, 6.45) is 2.97. The first-order chi connectivity index (χ1) is 9.16. The molecule has 19 heavy (non-hydrogen) atoms. The minimum Gasteiger partial charge on any atom is -0.506 e. The molecule has 3 nitrogen and oxygen atoms in total. The van der Waals surface area contributed by atoms with Crippen LogP contribution in [0.2, 0.25) is 0 Å². The molecule has 0 saturated carbocycles. The van der Waals surface area contributed by atoms with E-state index < -0.39 is 0 Å². The Labute approximate surface area is 112 Å². The predicted molar refractivity (Wildman–Crippen MR) is 76.4 cm³/mol. The van der Waals surface area contributed by atoms with Gasteiger partial charge in [-0.2, -0.15) is 0 Å². The maximum absolute atomic E-state index is 11.8. The maximum atomic E-state index is 11.8. The van der Waals surface area contributed by atoms with Crippen molar-refractivity contribution in [2.45, 2.75) is 6.92 Å². The minimum absolute atomic E-state index is 0.0831. The van der Waals surface area contributed by atoms with Gasteiger partial charge >= 0.3 is 0 Å². The lowest BCUT2D eigenvalue weighted by Gasteiger charge is -2.04. The van der Waals surface area contributed by atoms with Crippen molar-refractivity contribution in [2.75, 3.05) is 5.32 Å². The molecule has 0 atom stereocenters. The number of benzene rings is 2. The van der Waals surface area contributed by atoms with Crippen molar-refractivity contribution in [3.8, 4) is 5.75 Å². The van der Waals surface area contributed by atoms with Crippen LogP contribution < -0.4 is 5.32 Å². The highest BCUT2D eigenvalue weighted by Gasteiger charge is 2.01. The van der Waals surface area contributed by atoms with E-state index in [0.717, 1.165) is 5.56 Å². The molecule has 2 aromatic rings. The van der Waals surface area contributed by atoms with Crippen LogP contribution in [0, 0.1) is 6.92 Å². The van der Waals surface area contributed by atoms with E-state index in [2.05, 4.69) is 5.32 Å². The van der Waals surface area contributed by atoms with Crippen molar-refractivity contribution in [3.63, 3.8) is 0 Å². The van der Waals surface area contributed by atoms with Crippen molar-refractivity contribution in [1.82, 2.24) is 0 Å². The van der Waals surface area contributed by atoms with Crippen LogP contribution in [0.15, 0.2) is 60.8 Å². The molecule has 3 heteroatoms. The Balaban J connectivity index is 2.04. The molecule has 0 radical (unpaired) electrons. The molecule has 0 heterocycles. The van der Waals surface area contributed by atoms with E-state index in [4.69, 9.17) is 0 Å². The predicted octanol–water partition coefficient (Wildman–Crippen LogP) is 3.51. The second kappa shape index (κ2) is 5.87. The van der Waals surface area contributed by atoms with Crippen LogP contribution in [0.1, 0.15) is 15.9 Å². The molecule has 2 aromatic carbocycles. The zero-order valence-corrected chi connectivity index (χ0v) is 10.6. The molecule has 0 aliphatic carbocycles. The van der Waals surface area contributed by atoms with E-state index in [1.807, 2.05) is 37.3 Å². The first kappa shape index (κ1) is 12.9. The molecule has 96 valence electrons. The van der Waals surface area contributed by atoms with Crippen LogP contribution in [-0.2, 0) is 0 Å². The topological polar surface area (TPSA) is 49.3 Å². The highest BCUT2D eigenvalue weighted by atomic mass is 16.3. The average Bonchev–Trinajstić information content (AvgIpc) is 2.43. The lowest BCUT2D eigenvalue weighted by Crippen LogP contribution is -1.96. The minimum atomic E-state index is -0.0831. The van der Waals surface area contributed by atoms with Crippen molar-refractivity contribution >= 4 is 11.5 Å². The number of phenolic OH excluding ortho intramolecular Hbond substituents is 1. The third-order valence-corrected chi connectivity index (χ3v) is 2.68. The molecule has 0 aliphatic rings. The van der Waals surface area contributed by atoms with Crippen LogP contribution in [-0.4, -0.2) is 10.9 Å². The summed E-state index contributed by atoms with van der Waals surface area (Å²) in [6.45, 7) is 1.93. The summed E-state index contributed by atoms with van der Waals surface area (Å²) in [6, 6.07) is 14.3. The van der Waals surface area contributed by atoms with Gasteiger partial charge in [-0.3, -0.25) is 4.79 Å². The Kier molecular flexibility index (Phi) is 3.98. The number of aromatic hydroxyl groups is 1. The summed E-state index contributed by atoms with van der Waals surface area (Å²) in [7, 11) is 0. The molecular weight excluding hydrogens is 238 g/mol. The average molecular weight is 253 g/mol. The number of ketones is 1. The molecule has 0 spiro atoms. The fraction of sp³-hybridized carbons (Fsp3) is 0.0625. The van der Waals surface area contributed by atoms with Gasteiger partial charge in [-0.1, -0.05) is 36.4 Å². The summed E-state index contributed by atoms with van der Waals surface area (Å²) in [5.41, 5.74) is 2.24. The smallest absolute Gasteiger partial charge is 0.187 e. The third kappa shape index (κ3) is 3.45. The Hall–Kier alpha value is -2.55. The van der Waals surface area contributed by atoms with E-state index >= 15 is 0 Å². The molecule has 0 aliphatic heterocycles. The van der Waals surface area contributed by atoms with Crippen LogP contribution in [0.5, 0.6) is 5.75 Å². The number of hydrogen-bond donors (Lipinski definition) is 2. The summed E-state index contributed by atoms with van der Waals surface area (Å²) < 4.78 is 0. The van der Waals surface area contributed by atoms with Crippen molar-refractivity contribution in [1.29, 1.82) is 0 Å². The number of aryl methyl sites for hydroxylation is 1. The van der Waals surface area contributed by atoms with Crippen LogP contribution >= 0.6 is 0 Å². The molecule has 0 amide bonds. The van der Waals surface area contributed by atoms with Gasteiger partial charge in [-0.15, -0.1) is 0 Å². The molecule has 2 N–H and O–H groups in total. The number of carbonyl (C=O) groups excluding carboxylic acids is 1. The number of carbonyl (C=O) groups is 1. The van der Waals surface area contributed by atoms with Gasteiger partial charge in [0.15, 0.2) is 5.78 Å². The van der Waals surface area contributed by atoms with Gasteiger partial charge in [-0.25, -0.2) is 0 Å². The fourth-order valence-corrected chi connectivity index (χ4v) is 1.67. The molecule has 0 bridgehead atoms. The number of anilines is 1. The molecule has 0 saturated heterocycles. The zero-order valence-electron chi connectivity index (χ0n) is 10.6. The van der Waals surface area contributed by atoms with Gasteiger partial charge in [0.2, 0.25) is 0 Å². The number of phenols is 1. The summed E-state index contributed by atoms with van der Waals surface area (Å²) in [5, 5.41) is 12.5. The van der Waals surface area contributed by atoms with Crippen molar-refractivity contribution in [3.05, 3.63) is 71.9 Å². The van der Waals surface area contributed by atoms with Gasteiger partial charge in [-0.05, 0) is 24.6 Å². The highest BCUT2D eigenvalue weighted by Crippen LogP contribution is 2.23. The number of hydrogen-bond acceptors (Lipinski definition) is 3. The largest absolute Gasteiger partial charge is 0.506 e. The Morgan fingerprint density at radius 2 is 1.89 bits per heavy atom. The molecular formula is C16H15NO2. The van der Waals surface area contributed by atoms with Gasteiger partial charge in [0.1, 0.15) is 5.75 Å². The van der Waals surface area contributed by atoms with Crippen LogP contribution in [0.25, 0.3) is 0 Å². The number of allylic oxidation sites excluding steroid dienone is 1. The maximum Gasteiger partial charge on any atom is 0.187 e. The SMILES string of the molecule is Cc1ccc(O)c(NC=CC(=O)c2ccccc2)c1. The van der Waals surface area contributed by atoms with Crippen LogP contribution in [0.3, 0.4) is 0 Å². The second-order valence-corrected chi connectivity index (χ2v) is 4.23. The summed E-state index contributed by atoms with van der Waals surface area (Å²) >= 11 is 0. The van der Waals surface area contributed by atoms with E-state index in [0.29, 0.717) is 11.3 Å². The second-order valence-electron chi connectivity index (χ2n) is 4.23. The van der Waals surface area contributed by atoms with Gasteiger partial charge in [0.25, 0.3) is 0 Å². The van der Waals surface area contributed by atoms with Gasteiger partial charge < -0.3 is 10.4 Å². The van der Waals surface area contributed by atoms with Gasteiger partial charge in [0, 0.05) is 17.8 Å². The number of nitrogens with one attached hydrogen (secondary N) is 1. The fourth-order valence-electron chi connectivity index (χ4n) is 1.67. The monoisotopic (exact) mass is 253 g/mol. The summed E-state index contributed by atoms with van der Waals surface area (Å²) in [5.74, 6) is 0.0719. The molecule has 0 fully saturated rings.